The van der Waals surface area contributed by atoms with Crippen molar-refractivity contribution < 1.29 is 19.1 Å². The Labute approximate surface area is 148 Å². The minimum Gasteiger partial charge on any atom is -0.496 e. The highest BCUT2D eigenvalue weighted by Gasteiger charge is 2.12. The lowest BCUT2D eigenvalue weighted by atomic mass is 10.1. The van der Waals surface area contributed by atoms with Crippen LogP contribution in [0.15, 0.2) is 53.0 Å². The molecule has 0 aromatic heterocycles. The van der Waals surface area contributed by atoms with Crippen molar-refractivity contribution in [3.63, 3.8) is 0 Å². The van der Waals surface area contributed by atoms with Gasteiger partial charge in [-0.05, 0) is 51.8 Å². The summed E-state index contributed by atoms with van der Waals surface area (Å²) in [5.41, 5.74) is 1.53. The molecule has 0 fully saturated rings. The number of anilines is 1. The van der Waals surface area contributed by atoms with Crippen LogP contribution < -0.4 is 10.1 Å². The first-order valence-corrected chi connectivity index (χ1v) is 7.84. The van der Waals surface area contributed by atoms with Gasteiger partial charge in [-0.3, -0.25) is 4.79 Å². The fraction of sp³-hybridized carbons (Fsp3) is 0.111. The number of esters is 1. The molecule has 0 aliphatic rings. The number of carbonyl (C=O) groups excluding carboxylic acids is 2. The van der Waals surface area contributed by atoms with Crippen LogP contribution in [0.3, 0.4) is 0 Å². The van der Waals surface area contributed by atoms with Crippen molar-refractivity contribution in [2.75, 3.05) is 19.5 Å². The van der Waals surface area contributed by atoms with E-state index in [1.165, 1.54) is 13.2 Å². The molecule has 0 aliphatic heterocycles. The molecule has 6 heteroatoms. The fourth-order valence-corrected chi connectivity index (χ4v) is 2.57. The Kier molecular flexibility index (Phi) is 6.14. The highest BCUT2D eigenvalue weighted by Crippen LogP contribution is 2.26. The van der Waals surface area contributed by atoms with Crippen molar-refractivity contribution in [1.29, 1.82) is 0 Å². The van der Waals surface area contributed by atoms with Crippen molar-refractivity contribution in [3.8, 4) is 5.75 Å². The molecule has 1 N–H and O–H groups in total. The Morgan fingerprint density at radius 3 is 2.54 bits per heavy atom. The smallest absolute Gasteiger partial charge is 0.339 e. The molecule has 0 atom stereocenters. The number of halogens is 1. The summed E-state index contributed by atoms with van der Waals surface area (Å²) < 4.78 is 10.6. The maximum atomic E-state index is 12.1. The van der Waals surface area contributed by atoms with Gasteiger partial charge >= 0.3 is 5.97 Å². The first kappa shape index (κ1) is 17.7. The van der Waals surface area contributed by atoms with Gasteiger partial charge in [-0.2, -0.15) is 0 Å². The summed E-state index contributed by atoms with van der Waals surface area (Å²) >= 11 is 3.39. The van der Waals surface area contributed by atoms with Crippen LogP contribution in [0.4, 0.5) is 5.69 Å². The molecule has 2 aromatic rings. The molecule has 124 valence electrons. The molecule has 2 rings (SSSR count). The van der Waals surface area contributed by atoms with Crippen molar-refractivity contribution in [2.45, 2.75) is 0 Å². The number of hydrogen-bond acceptors (Lipinski definition) is 4. The van der Waals surface area contributed by atoms with Crippen LogP contribution in [-0.2, 0) is 9.53 Å². The van der Waals surface area contributed by atoms with Crippen LogP contribution in [0.25, 0.3) is 6.08 Å². The van der Waals surface area contributed by atoms with Crippen LogP contribution in [0.5, 0.6) is 5.75 Å². The van der Waals surface area contributed by atoms with Gasteiger partial charge in [0.1, 0.15) is 5.75 Å². The van der Waals surface area contributed by atoms with E-state index in [1.807, 2.05) is 12.1 Å². The van der Waals surface area contributed by atoms with Gasteiger partial charge in [0, 0.05) is 6.08 Å². The van der Waals surface area contributed by atoms with E-state index in [-0.39, 0.29) is 5.91 Å². The van der Waals surface area contributed by atoms with E-state index in [0.29, 0.717) is 17.0 Å². The van der Waals surface area contributed by atoms with Gasteiger partial charge in [0.15, 0.2) is 0 Å². The van der Waals surface area contributed by atoms with E-state index in [0.717, 1.165) is 10.0 Å². The number of ether oxygens (including phenoxy) is 2. The Morgan fingerprint density at radius 1 is 1.12 bits per heavy atom. The van der Waals surface area contributed by atoms with Gasteiger partial charge in [0.2, 0.25) is 5.91 Å². The number of carbonyl (C=O) groups is 2. The topological polar surface area (TPSA) is 64.6 Å². The second kappa shape index (κ2) is 8.31. The molecule has 2 aromatic carbocycles. The third-order valence-corrected chi connectivity index (χ3v) is 3.81. The van der Waals surface area contributed by atoms with Gasteiger partial charge in [-0.1, -0.05) is 18.2 Å². The number of rotatable bonds is 5. The quantitative estimate of drug-likeness (QED) is 0.622. The number of amides is 1. The summed E-state index contributed by atoms with van der Waals surface area (Å²) in [7, 11) is 2.88. The van der Waals surface area contributed by atoms with Crippen LogP contribution >= 0.6 is 15.9 Å². The van der Waals surface area contributed by atoms with E-state index in [9.17, 15) is 9.59 Å². The molecule has 5 nitrogen and oxygen atoms in total. The van der Waals surface area contributed by atoms with Crippen LogP contribution in [0.1, 0.15) is 15.9 Å². The Balaban J connectivity index is 2.11. The maximum Gasteiger partial charge on any atom is 0.339 e. The molecule has 0 unspecified atom stereocenters. The molecule has 0 saturated carbocycles. The summed E-state index contributed by atoms with van der Waals surface area (Å²) in [5.74, 6) is -0.143. The zero-order valence-electron chi connectivity index (χ0n) is 13.2. The molecule has 0 saturated heterocycles. The van der Waals surface area contributed by atoms with Crippen LogP contribution in [0.2, 0.25) is 0 Å². The van der Waals surface area contributed by atoms with Crippen LogP contribution in [-0.4, -0.2) is 26.1 Å². The number of hydrogen-bond donors (Lipinski definition) is 1. The normalized spacial score (nSPS) is 10.5. The molecule has 0 bridgehead atoms. The summed E-state index contributed by atoms with van der Waals surface area (Å²) in [6, 6.07) is 12.1. The molecule has 0 spiro atoms. The highest BCUT2D eigenvalue weighted by molar-refractivity contribution is 9.10. The number of methoxy groups -OCH3 is 2. The first-order valence-electron chi connectivity index (χ1n) is 7.05. The lowest BCUT2D eigenvalue weighted by Crippen LogP contribution is -2.12. The Bertz CT molecular complexity index is 786. The van der Waals surface area contributed by atoms with Crippen molar-refractivity contribution in [1.82, 2.24) is 0 Å². The van der Waals surface area contributed by atoms with E-state index in [4.69, 9.17) is 9.47 Å². The largest absolute Gasteiger partial charge is 0.496 e. The molecule has 0 radical (unpaired) electrons. The minimum absolute atomic E-state index is 0.300. The van der Waals surface area contributed by atoms with Crippen molar-refractivity contribution >= 4 is 39.6 Å². The van der Waals surface area contributed by atoms with E-state index in [2.05, 4.69) is 21.2 Å². The van der Waals surface area contributed by atoms with Gasteiger partial charge in [0.25, 0.3) is 0 Å². The van der Waals surface area contributed by atoms with Gasteiger partial charge in [-0.25, -0.2) is 4.79 Å². The summed E-state index contributed by atoms with van der Waals surface area (Å²) in [6.07, 6.45) is 3.06. The third kappa shape index (κ3) is 4.45. The monoisotopic (exact) mass is 389 g/mol. The van der Waals surface area contributed by atoms with Gasteiger partial charge < -0.3 is 14.8 Å². The van der Waals surface area contributed by atoms with Gasteiger partial charge in [-0.15, -0.1) is 0 Å². The standard InChI is InChI=1S/C18H16BrNO4/c1-23-16-9-7-12(11-14(16)19)8-10-17(21)20-15-6-4-3-5-13(15)18(22)24-2/h3-11H,1-2H3,(H,20,21)/b10-8+. The van der Waals surface area contributed by atoms with E-state index >= 15 is 0 Å². The lowest BCUT2D eigenvalue weighted by molar-refractivity contribution is -0.111. The lowest BCUT2D eigenvalue weighted by Gasteiger charge is -2.07. The third-order valence-electron chi connectivity index (χ3n) is 3.19. The summed E-state index contributed by atoms with van der Waals surface area (Å²) in [5, 5.41) is 2.67. The molecular weight excluding hydrogens is 374 g/mol. The fourth-order valence-electron chi connectivity index (χ4n) is 2.01. The summed E-state index contributed by atoms with van der Waals surface area (Å²) in [4.78, 5) is 23.8. The number of benzene rings is 2. The second-order valence-corrected chi connectivity index (χ2v) is 5.61. The Hall–Kier alpha value is -2.60. The summed E-state index contributed by atoms with van der Waals surface area (Å²) in [6.45, 7) is 0. The molecule has 1 amide bonds. The zero-order valence-corrected chi connectivity index (χ0v) is 14.8. The molecule has 0 aliphatic carbocycles. The predicted molar refractivity (Wildman–Crippen MR) is 96.1 cm³/mol. The zero-order chi connectivity index (χ0) is 17.5. The molecule has 24 heavy (non-hydrogen) atoms. The average Bonchev–Trinajstić information content (AvgIpc) is 2.60. The van der Waals surface area contributed by atoms with Gasteiger partial charge in [0.05, 0.1) is 29.9 Å². The Morgan fingerprint density at radius 2 is 1.88 bits per heavy atom. The van der Waals surface area contributed by atoms with E-state index in [1.54, 1.807) is 43.5 Å². The average molecular weight is 390 g/mol. The highest BCUT2D eigenvalue weighted by atomic mass is 79.9. The van der Waals surface area contributed by atoms with Crippen molar-refractivity contribution in [2.24, 2.45) is 0 Å². The molecular formula is C18H16BrNO4. The van der Waals surface area contributed by atoms with Crippen molar-refractivity contribution in [3.05, 3.63) is 64.1 Å². The van der Waals surface area contributed by atoms with Crippen LogP contribution in [0, 0.1) is 0 Å². The predicted octanol–water partition coefficient (Wildman–Crippen LogP) is 3.90. The number of para-hydroxylation sites is 1. The SMILES string of the molecule is COC(=O)c1ccccc1NC(=O)/C=C/c1ccc(OC)c(Br)c1. The maximum absolute atomic E-state index is 12.1. The molecule has 0 heterocycles. The number of nitrogens with one attached hydrogen (secondary N) is 1. The first-order chi connectivity index (χ1) is 11.5. The minimum atomic E-state index is -0.506. The second-order valence-electron chi connectivity index (χ2n) is 4.75. The van der Waals surface area contributed by atoms with E-state index < -0.39 is 5.97 Å².